The Kier molecular flexibility index (Phi) is 5.20. The molecule has 92 valence electrons. The Morgan fingerprint density at radius 2 is 1.82 bits per heavy atom. The monoisotopic (exact) mass is 235 g/mol. The number of hydrogen-bond acceptors (Lipinski definition) is 3. The Morgan fingerprint density at radius 1 is 1.12 bits per heavy atom. The lowest BCUT2D eigenvalue weighted by atomic mass is 10.0. The number of carbonyl (C=O) groups excluding carboxylic acids is 1. The zero-order chi connectivity index (χ0) is 12.7. The first-order chi connectivity index (χ1) is 8.11. The molecule has 0 aliphatic carbocycles. The average Bonchev–Trinajstić information content (AvgIpc) is 2.30. The summed E-state index contributed by atoms with van der Waals surface area (Å²) in [6, 6.07) is 7.69. The maximum absolute atomic E-state index is 10.8. The topological polar surface area (TPSA) is 80.4 Å². The number of carboxylic acids is 1. The Hall–Kier alpha value is -1.84. The third kappa shape index (κ3) is 4.68. The van der Waals surface area contributed by atoms with E-state index in [1.165, 1.54) is 0 Å². The number of para-hydroxylation sites is 1. The summed E-state index contributed by atoms with van der Waals surface area (Å²) < 4.78 is 0. The average molecular weight is 235 g/mol. The highest BCUT2D eigenvalue weighted by Gasteiger charge is 2.09. The summed E-state index contributed by atoms with van der Waals surface area (Å²) in [7, 11) is 0. The zero-order valence-electron chi connectivity index (χ0n) is 9.69. The van der Waals surface area contributed by atoms with Crippen LogP contribution in [0.2, 0.25) is 0 Å². The van der Waals surface area contributed by atoms with Crippen molar-refractivity contribution in [2.75, 3.05) is 5.73 Å². The quantitative estimate of drug-likeness (QED) is 0.430. The molecule has 1 rings (SSSR count). The molecule has 0 atom stereocenters. The smallest absolute Gasteiger partial charge is 0.372 e. The minimum atomic E-state index is -1.34. The molecule has 0 aromatic heterocycles. The zero-order valence-corrected chi connectivity index (χ0v) is 9.69. The molecule has 17 heavy (non-hydrogen) atoms. The summed E-state index contributed by atoms with van der Waals surface area (Å²) in [5.74, 6) is -2.04. The Balaban J connectivity index is 2.19. The van der Waals surface area contributed by atoms with E-state index in [0.717, 1.165) is 30.5 Å². The Bertz CT molecular complexity index is 401. The summed E-state index contributed by atoms with van der Waals surface area (Å²) in [4.78, 5) is 21.1. The SMILES string of the molecule is Nc1ccccc1CCCCCC(=O)C(=O)O. The molecular formula is C13H17NO3. The molecule has 0 unspecified atom stereocenters. The van der Waals surface area contributed by atoms with Crippen molar-refractivity contribution in [3.8, 4) is 0 Å². The van der Waals surface area contributed by atoms with Gasteiger partial charge in [-0.2, -0.15) is 0 Å². The van der Waals surface area contributed by atoms with Gasteiger partial charge in [-0.15, -0.1) is 0 Å². The number of carbonyl (C=O) groups is 2. The van der Waals surface area contributed by atoms with Gasteiger partial charge in [0.2, 0.25) is 5.78 Å². The van der Waals surface area contributed by atoms with Gasteiger partial charge in [0.05, 0.1) is 0 Å². The van der Waals surface area contributed by atoms with Crippen molar-refractivity contribution < 1.29 is 14.7 Å². The van der Waals surface area contributed by atoms with Gasteiger partial charge in [-0.3, -0.25) is 4.79 Å². The molecule has 0 amide bonds. The van der Waals surface area contributed by atoms with Crippen LogP contribution in [0, 0.1) is 0 Å². The van der Waals surface area contributed by atoms with Crippen LogP contribution in [0.5, 0.6) is 0 Å². The predicted octanol–water partition coefficient (Wildman–Crippen LogP) is 2.03. The molecule has 1 aromatic rings. The lowest BCUT2D eigenvalue weighted by Crippen LogP contribution is -2.11. The number of rotatable bonds is 7. The summed E-state index contributed by atoms with van der Waals surface area (Å²) >= 11 is 0. The first-order valence-corrected chi connectivity index (χ1v) is 5.70. The second-order valence-corrected chi connectivity index (χ2v) is 3.99. The molecule has 1 aromatic carbocycles. The fraction of sp³-hybridized carbons (Fsp3) is 0.385. The highest BCUT2D eigenvalue weighted by Crippen LogP contribution is 2.14. The summed E-state index contributed by atoms with van der Waals surface area (Å²) in [5.41, 5.74) is 7.69. The molecule has 0 saturated carbocycles. The van der Waals surface area contributed by atoms with Gasteiger partial charge < -0.3 is 10.8 Å². The van der Waals surface area contributed by atoms with Crippen molar-refractivity contribution in [2.45, 2.75) is 32.1 Å². The lowest BCUT2D eigenvalue weighted by molar-refractivity contribution is -0.149. The summed E-state index contributed by atoms with van der Waals surface area (Å²) in [5, 5.41) is 8.39. The molecule has 0 heterocycles. The predicted molar refractivity (Wildman–Crippen MR) is 65.7 cm³/mol. The van der Waals surface area contributed by atoms with Crippen LogP contribution in [-0.4, -0.2) is 16.9 Å². The van der Waals surface area contributed by atoms with E-state index in [-0.39, 0.29) is 6.42 Å². The van der Waals surface area contributed by atoms with Crippen LogP contribution in [0.1, 0.15) is 31.2 Å². The van der Waals surface area contributed by atoms with E-state index in [1.807, 2.05) is 24.3 Å². The molecule has 0 fully saturated rings. The van der Waals surface area contributed by atoms with Crippen molar-refractivity contribution in [1.82, 2.24) is 0 Å². The normalized spacial score (nSPS) is 10.1. The van der Waals surface area contributed by atoms with Crippen LogP contribution in [0.3, 0.4) is 0 Å². The van der Waals surface area contributed by atoms with Crippen molar-refractivity contribution in [3.63, 3.8) is 0 Å². The van der Waals surface area contributed by atoms with Gasteiger partial charge in [0.1, 0.15) is 0 Å². The Labute approximate surface area is 100 Å². The standard InChI is InChI=1S/C13H17NO3/c14-11-8-5-4-7-10(11)6-2-1-3-9-12(15)13(16)17/h4-5,7-8H,1-3,6,9,14H2,(H,16,17). The van der Waals surface area contributed by atoms with Crippen LogP contribution in [0.4, 0.5) is 5.69 Å². The van der Waals surface area contributed by atoms with Crippen molar-refractivity contribution in [2.24, 2.45) is 0 Å². The molecule has 0 spiro atoms. The second-order valence-electron chi connectivity index (χ2n) is 3.99. The van der Waals surface area contributed by atoms with Gasteiger partial charge in [-0.25, -0.2) is 4.79 Å². The molecule has 3 N–H and O–H groups in total. The van der Waals surface area contributed by atoms with Crippen LogP contribution in [0.25, 0.3) is 0 Å². The van der Waals surface area contributed by atoms with Crippen molar-refractivity contribution in [1.29, 1.82) is 0 Å². The number of ketones is 1. The largest absolute Gasteiger partial charge is 0.476 e. The van der Waals surface area contributed by atoms with Crippen molar-refractivity contribution >= 4 is 17.4 Å². The Morgan fingerprint density at radius 3 is 2.47 bits per heavy atom. The van der Waals surface area contributed by atoms with Gasteiger partial charge in [-0.1, -0.05) is 24.6 Å². The maximum atomic E-state index is 10.8. The summed E-state index contributed by atoms with van der Waals surface area (Å²) in [6.45, 7) is 0. The number of aliphatic carboxylic acids is 1. The van der Waals surface area contributed by atoms with E-state index in [4.69, 9.17) is 10.8 Å². The molecule has 4 nitrogen and oxygen atoms in total. The fourth-order valence-corrected chi connectivity index (χ4v) is 1.65. The van der Waals surface area contributed by atoms with Crippen molar-refractivity contribution in [3.05, 3.63) is 29.8 Å². The fourth-order valence-electron chi connectivity index (χ4n) is 1.65. The molecule has 4 heteroatoms. The molecule has 0 saturated heterocycles. The van der Waals surface area contributed by atoms with Gasteiger partial charge in [0.25, 0.3) is 0 Å². The first-order valence-electron chi connectivity index (χ1n) is 5.70. The third-order valence-corrected chi connectivity index (χ3v) is 2.64. The second kappa shape index (κ2) is 6.68. The van der Waals surface area contributed by atoms with Crippen LogP contribution < -0.4 is 5.73 Å². The first kappa shape index (κ1) is 13.2. The number of benzene rings is 1. The van der Waals surface area contributed by atoms with Gasteiger partial charge in [0.15, 0.2) is 0 Å². The number of carboxylic acid groups (broad SMARTS) is 1. The van der Waals surface area contributed by atoms with Crippen LogP contribution >= 0.6 is 0 Å². The van der Waals surface area contributed by atoms with E-state index >= 15 is 0 Å². The van der Waals surface area contributed by atoms with E-state index in [0.29, 0.717) is 6.42 Å². The third-order valence-electron chi connectivity index (χ3n) is 2.64. The molecule has 0 aliphatic heterocycles. The van der Waals surface area contributed by atoms with E-state index < -0.39 is 11.8 Å². The molecule has 0 radical (unpaired) electrons. The van der Waals surface area contributed by atoms with Crippen LogP contribution in [-0.2, 0) is 16.0 Å². The van der Waals surface area contributed by atoms with E-state index in [1.54, 1.807) is 0 Å². The molecular weight excluding hydrogens is 218 g/mol. The van der Waals surface area contributed by atoms with E-state index in [9.17, 15) is 9.59 Å². The minimum absolute atomic E-state index is 0.125. The maximum Gasteiger partial charge on any atom is 0.372 e. The lowest BCUT2D eigenvalue weighted by Gasteiger charge is -2.04. The number of nitrogens with two attached hydrogens (primary N) is 1. The molecule has 0 bridgehead atoms. The summed E-state index contributed by atoms with van der Waals surface area (Å²) in [6.07, 6.45) is 3.37. The number of aryl methyl sites for hydroxylation is 1. The number of nitrogen functional groups attached to an aromatic ring is 1. The highest BCUT2D eigenvalue weighted by molar-refractivity contribution is 6.32. The number of Topliss-reactive ketones (excluding diaryl/α,β-unsaturated/α-hetero) is 1. The number of anilines is 1. The number of unbranched alkanes of at least 4 members (excludes halogenated alkanes) is 2. The highest BCUT2D eigenvalue weighted by atomic mass is 16.4. The van der Waals surface area contributed by atoms with Gasteiger partial charge in [0, 0.05) is 12.1 Å². The molecule has 0 aliphatic rings. The van der Waals surface area contributed by atoms with Crippen LogP contribution in [0.15, 0.2) is 24.3 Å². The van der Waals surface area contributed by atoms with Gasteiger partial charge >= 0.3 is 5.97 Å². The van der Waals surface area contributed by atoms with E-state index in [2.05, 4.69) is 0 Å². The minimum Gasteiger partial charge on any atom is -0.476 e. The van der Waals surface area contributed by atoms with Gasteiger partial charge in [-0.05, 0) is 30.9 Å². The number of hydrogen-bond donors (Lipinski definition) is 2.